The van der Waals surface area contributed by atoms with Crippen LogP contribution in [0.1, 0.15) is 35.3 Å². The lowest BCUT2D eigenvalue weighted by Crippen LogP contribution is -2.21. The summed E-state index contributed by atoms with van der Waals surface area (Å²) in [5, 5.41) is 0. The zero-order valence-electron chi connectivity index (χ0n) is 11.8. The van der Waals surface area contributed by atoms with E-state index in [4.69, 9.17) is 19.0 Å². The van der Waals surface area contributed by atoms with Crippen LogP contribution < -0.4 is 5.43 Å². The topological polar surface area (TPSA) is 118 Å². The summed E-state index contributed by atoms with van der Waals surface area (Å²) in [6, 6.07) is 0. The van der Waals surface area contributed by atoms with Gasteiger partial charge in [-0.05, 0) is 24.6 Å². The van der Waals surface area contributed by atoms with Crippen LogP contribution in [0, 0.1) is 0 Å². The van der Waals surface area contributed by atoms with E-state index in [0.717, 1.165) is 0 Å². The molecule has 0 aromatic carbocycles. The van der Waals surface area contributed by atoms with Crippen LogP contribution >= 0.6 is 6.72 Å². The minimum absolute atomic E-state index is 0.0132. The third-order valence-electron chi connectivity index (χ3n) is 3.10. The van der Waals surface area contributed by atoms with Crippen LogP contribution in [0.5, 0.6) is 0 Å². The predicted molar refractivity (Wildman–Crippen MR) is 82.9 cm³/mol. The van der Waals surface area contributed by atoms with E-state index in [2.05, 4.69) is 27.2 Å². The Morgan fingerprint density at radius 3 is 3.09 bits per heavy atom. The molecule has 3 N–H and O–H groups in total. The summed E-state index contributed by atoms with van der Waals surface area (Å²) >= 11 is 4.40. The number of ether oxygens (including phenoxy) is 1. The molecule has 1 aliphatic heterocycles. The van der Waals surface area contributed by atoms with Gasteiger partial charge in [-0.1, -0.05) is 0 Å². The zero-order chi connectivity index (χ0) is 16.2. The summed E-state index contributed by atoms with van der Waals surface area (Å²) in [6.45, 7) is -3.66. The molecule has 122 valence electrons. The molecule has 0 saturated carbocycles. The summed E-state index contributed by atoms with van der Waals surface area (Å²) in [7, 11) is 1.59. The van der Waals surface area contributed by atoms with Gasteiger partial charge in [0.15, 0.2) is 12.1 Å². The second-order valence-electron chi connectivity index (χ2n) is 4.62. The number of carbonyl (C=O) groups is 1. The van der Waals surface area contributed by atoms with Crippen LogP contribution in [0.4, 0.5) is 0 Å². The highest BCUT2D eigenvalue weighted by Gasteiger charge is 2.31. The Morgan fingerprint density at radius 1 is 1.68 bits per heavy atom. The summed E-state index contributed by atoms with van der Waals surface area (Å²) in [6.07, 6.45) is 4.38. The number of nitrogens with zero attached hydrogens (tertiary/aromatic N) is 3. The maximum Gasteiger partial charge on any atom is 0.321 e. The van der Waals surface area contributed by atoms with Crippen molar-refractivity contribution in [1.82, 2.24) is 9.66 Å². The van der Waals surface area contributed by atoms with Gasteiger partial charge in [-0.15, -0.1) is 0 Å². The van der Waals surface area contributed by atoms with Gasteiger partial charge in [0.1, 0.15) is 12.4 Å². The average molecular weight is 348 g/mol. The second-order valence-corrected chi connectivity index (χ2v) is 7.29. The van der Waals surface area contributed by atoms with Crippen molar-refractivity contribution in [3.05, 3.63) is 17.7 Å². The molecule has 2 rings (SSSR count). The summed E-state index contributed by atoms with van der Waals surface area (Å²) in [5.41, 5.74) is 3.52. The van der Waals surface area contributed by atoms with E-state index in [0.29, 0.717) is 24.8 Å². The molecular weight excluding hydrogens is 331 g/mol. The van der Waals surface area contributed by atoms with Crippen LogP contribution in [0.15, 0.2) is 11.2 Å². The first-order valence-corrected chi connectivity index (χ1v) is 9.12. The maximum absolute atomic E-state index is 11.0. The molecule has 11 heteroatoms. The number of hydrogen-bond donors (Lipinski definition) is 3. The van der Waals surface area contributed by atoms with Crippen LogP contribution in [-0.2, 0) is 21.1 Å². The number of aldehydes is 1. The molecule has 0 bridgehead atoms. The zero-order valence-corrected chi connectivity index (χ0v) is 13.5. The molecule has 0 aliphatic carbocycles. The Hall–Kier alpha value is -1.16. The van der Waals surface area contributed by atoms with Crippen molar-refractivity contribution in [3.8, 4) is 0 Å². The van der Waals surface area contributed by atoms with Crippen molar-refractivity contribution in [1.29, 1.82) is 0 Å². The van der Waals surface area contributed by atoms with Crippen molar-refractivity contribution in [2.24, 2.45) is 4.99 Å². The molecular formula is C11H17N4O5PS. The van der Waals surface area contributed by atoms with Crippen molar-refractivity contribution < 1.29 is 23.8 Å². The lowest BCUT2D eigenvalue weighted by atomic mass is 10.1. The van der Waals surface area contributed by atoms with Crippen molar-refractivity contribution in [3.63, 3.8) is 0 Å². The highest BCUT2D eigenvalue weighted by molar-refractivity contribution is 8.06. The first kappa shape index (κ1) is 17.2. The summed E-state index contributed by atoms with van der Waals surface area (Å²) in [5.74, 6) is 0.208. The molecule has 0 amide bonds. The Kier molecular flexibility index (Phi) is 5.79. The smallest absolute Gasteiger partial charge is 0.321 e. The van der Waals surface area contributed by atoms with Gasteiger partial charge in [0, 0.05) is 7.05 Å². The molecule has 2 unspecified atom stereocenters. The lowest BCUT2D eigenvalue weighted by Gasteiger charge is -2.17. The number of carbonyl (C=O) groups excluding carboxylic acids is 1. The predicted octanol–water partition coefficient (Wildman–Crippen LogP) is 0.343. The number of nitrogens with one attached hydrogen (secondary N) is 1. The molecule has 9 nitrogen and oxygen atoms in total. The molecule has 1 fully saturated rings. The average Bonchev–Trinajstić information content (AvgIpc) is 3.08. The van der Waals surface area contributed by atoms with Crippen LogP contribution in [0.25, 0.3) is 0 Å². The van der Waals surface area contributed by atoms with Gasteiger partial charge in [-0.3, -0.25) is 15.2 Å². The van der Waals surface area contributed by atoms with E-state index in [-0.39, 0.29) is 24.6 Å². The molecule has 0 radical (unpaired) electrons. The van der Waals surface area contributed by atoms with Crippen molar-refractivity contribution in [2.75, 3.05) is 19.1 Å². The standard InChI is InChI=1S/C11H17N4O5PS/c1-12-7-14-15-9(4-13-11(15)5-16)10-3-2-8(20-10)6-19-21(17,18)22/h4-5,7-8,10H,2-3,6H2,1H3,(H,12,14)(H2,17,18,22). The minimum Gasteiger partial charge on any atom is -0.366 e. The number of aliphatic imine (C=N–C) groups is 1. The largest absolute Gasteiger partial charge is 0.366 e. The monoisotopic (exact) mass is 348 g/mol. The van der Waals surface area contributed by atoms with Gasteiger partial charge in [-0.2, -0.15) is 0 Å². The van der Waals surface area contributed by atoms with Gasteiger partial charge < -0.3 is 19.0 Å². The molecule has 0 spiro atoms. The maximum atomic E-state index is 11.0. The fourth-order valence-corrected chi connectivity index (χ4v) is 2.72. The summed E-state index contributed by atoms with van der Waals surface area (Å²) < 4.78 is 12.1. The first-order valence-electron chi connectivity index (χ1n) is 6.50. The van der Waals surface area contributed by atoms with E-state index < -0.39 is 6.72 Å². The third kappa shape index (κ3) is 4.42. The minimum atomic E-state index is -3.68. The quantitative estimate of drug-likeness (QED) is 0.279. The highest BCUT2D eigenvalue weighted by atomic mass is 32.5. The van der Waals surface area contributed by atoms with Gasteiger partial charge in [0.05, 0.1) is 24.6 Å². The highest BCUT2D eigenvalue weighted by Crippen LogP contribution is 2.39. The lowest BCUT2D eigenvalue weighted by molar-refractivity contribution is 0.0115. The Labute approximate surface area is 132 Å². The molecule has 2 heterocycles. The third-order valence-corrected chi connectivity index (χ3v) is 3.91. The van der Waals surface area contributed by atoms with Gasteiger partial charge in [0.2, 0.25) is 0 Å². The summed E-state index contributed by atoms with van der Waals surface area (Å²) in [4.78, 5) is 36.9. The Bertz CT molecular complexity index is 601. The SMILES string of the molecule is CN=CNn1c(C2CCC(COP(O)(O)=S)O2)cnc1C=O. The molecule has 2 atom stereocenters. The number of rotatable bonds is 7. The van der Waals surface area contributed by atoms with Crippen LogP contribution in [-0.4, -0.2) is 51.8 Å². The van der Waals surface area contributed by atoms with Crippen molar-refractivity contribution in [2.45, 2.75) is 25.0 Å². The first-order chi connectivity index (χ1) is 10.4. The Balaban J connectivity index is 2.05. The number of imidazole rings is 1. The van der Waals surface area contributed by atoms with E-state index >= 15 is 0 Å². The Morgan fingerprint density at radius 2 is 2.45 bits per heavy atom. The number of hydrogen-bond acceptors (Lipinski definition) is 6. The van der Waals surface area contributed by atoms with Crippen molar-refractivity contribution >= 4 is 31.2 Å². The van der Waals surface area contributed by atoms with Gasteiger partial charge in [0.25, 0.3) is 0 Å². The van der Waals surface area contributed by atoms with Gasteiger partial charge in [-0.25, -0.2) is 9.66 Å². The van der Waals surface area contributed by atoms with E-state index in [1.807, 2.05) is 0 Å². The second kappa shape index (κ2) is 7.40. The van der Waals surface area contributed by atoms with E-state index in [1.165, 1.54) is 11.0 Å². The fraction of sp³-hybridized carbons (Fsp3) is 0.545. The normalized spacial score (nSPS) is 22.3. The van der Waals surface area contributed by atoms with E-state index in [1.54, 1.807) is 13.2 Å². The molecule has 1 saturated heterocycles. The van der Waals surface area contributed by atoms with Crippen LogP contribution in [0.2, 0.25) is 0 Å². The van der Waals surface area contributed by atoms with E-state index in [9.17, 15) is 4.79 Å². The van der Waals surface area contributed by atoms with Crippen LogP contribution in [0.3, 0.4) is 0 Å². The fourth-order valence-electron chi connectivity index (χ4n) is 2.17. The molecule has 1 aromatic rings. The van der Waals surface area contributed by atoms with Gasteiger partial charge >= 0.3 is 6.72 Å². The molecule has 1 aromatic heterocycles. The number of aromatic nitrogens is 2. The molecule has 22 heavy (non-hydrogen) atoms. The molecule has 1 aliphatic rings.